The van der Waals surface area contributed by atoms with Crippen LogP contribution in [0.4, 0.5) is 5.95 Å². The normalized spacial score (nSPS) is 13.8. The second-order valence-corrected chi connectivity index (χ2v) is 7.69. The Balaban J connectivity index is 1.28. The molecular formula is C22H26N6O4. The Labute approximate surface area is 184 Å². The summed E-state index contributed by atoms with van der Waals surface area (Å²) in [6, 6.07) is 7.70. The quantitative estimate of drug-likeness (QED) is 0.419. The molecular weight excluding hydrogens is 412 g/mol. The number of rotatable bonds is 6. The minimum Gasteiger partial charge on any atom is -0.378 e. The maximum absolute atomic E-state index is 12.5. The molecule has 1 fully saturated rings. The van der Waals surface area contributed by atoms with Gasteiger partial charge in [0.05, 0.1) is 19.6 Å². The molecule has 1 aliphatic heterocycles. The fourth-order valence-corrected chi connectivity index (χ4v) is 3.75. The standard InChI is InChI=1S/C22H26N6O4/c1-14-16(21(31)25-22(24-14)28-8-10-32-11-9-28)6-7-19(29)26-27-20(30)12-15-13-23-18-5-3-2-4-17(15)18/h2-5,13,23H,6-12H2,1H3,(H,26,29)(H,27,30)(H,24,25,31). The number of aromatic nitrogens is 3. The molecule has 3 heterocycles. The van der Waals surface area contributed by atoms with Gasteiger partial charge >= 0.3 is 0 Å². The molecule has 1 saturated heterocycles. The minimum absolute atomic E-state index is 0.0515. The first-order valence-electron chi connectivity index (χ1n) is 10.6. The summed E-state index contributed by atoms with van der Waals surface area (Å²) < 4.78 is 5.32. The van der Waals surface area contributed by atoms with Gasteiger partial charge in [0.25, 0.3) is 5.56 Å². The van der Waals surface area contributed by atoms with Crippen LogP contribution in [0.3, 0.4) is 0 Å². The van der Waals surface area contributed by atoms with Gasteiger partial charge in [0.15, 0.2) is 0 Å². The van der Waals surface area contributed by atoms with Gasteiger partial charge in [0, 0.05) is 47.9 Å². The fraction of sp³-hybridized carbons (Fsp3) is 0.364. The number of nitrogens with zero attached hydrogens (tertiary/aromatic N) is 2. The molecule has 0 aliphatic carbocycles. The summed E-state index contributed by atoms with van der Waals surface area (Å²) in [6.07, 6.45) is 2.20. The van der Waals surface area contributed by atoms with Crippen molar-refractivity contribution in [2.75, 3.05) is 31.2 Å². The molecule has 2 aromatic heterocycles. The van der Waals surface area contributed by atoms with E-state index in [0.717, 1.165) is 16.5 Å². The number of amides is 2. The Kier molecular flexibility index (Phi) is 6.50. The molecule has 0 spiro atoms. The van der Waals surface area contributed by atoms with Gasteiger partial charge in [-0.2, -0.15) is 0 Å². The number of aryl methyl sites for hydroxylation is 1. The van der Waals surface area contributed by atoms with E-state index in [1.807, 2.05) is 29.2 Å². The molecule has 3 aromatic rings. The van der Waals surface area contributed by atoms with Crippen LogP contribution in [0.25, 0.3) is 10.9 Å². The third-order valence-electron chi connectivity index (χ3n) is 5.49. The predicted molar refractivity (Wildman–Crippen MR) is 119 cm³/mol. The van der Waals surface area contributed by atoms with E-state index < -0.39 is 0 Å². The van der Waals surface area contributed by atoms with Crippen LogP contribution < -0.4 is 21.3 Å². The molecule has 1 aliphatic rings. The molecule has 0 radical (unpaired) electrons. The summed E-state index contributed by atoms with van der Waals surface area (Å²) in [5.41, 5.74) is 7.44. The molecule has 0 bridgehead atoms. The molecule has 168 valence electrons. The van der Waals surface area contributed by atoms with E-state index in [0.29, 0.717) is 43.5 Å². The smallest absolute Gasteiger partial charge is 0.255 e. The van der Waals surface area contributed by atoms with E-state index >= 15 is 0 Å². The molecule has 4 rings (SSSR count). The lowest BCUT2D eigenvalue weighted by molar-refractivity contribution is -0.128. The SMILES string of the molecule is Cc1nc(N2CCOCC2)[nH]c(=O)c1CCC(=O)NNC(=O)Cc1c[nH]c2ccccc12. The maximum atomic E-state index is 12.5. The average Bonchev–Trinajstić information content (AvgIpc) is 3.20. The number of aromatic amines is 2. The van der Waals surface area contributed by atoms with E-state index in [1.54, 1.807) is 13.1 Å². The second-order valence-electron chi connectivity index (χ2n) is 7.69. The van der Waals surface area contributed by atoms with Crippen LogP contribution in [0.5, 0.6) is 0 Å². The van der Waals surface area contributed by atoms with Crippen molar-refractivity contribution in [2.24, 2.45) is 0 Å². The molecule has 0 atom stereocenters. The maximum Gasteiger partial charge on any atom is 0.255 e. The lowest BCUT2D eigenvalue weighted by Crippen LogP contribution is -2.42. The van der Waals surface area contributed by atoms with Gasteiger partial charge in [0.1, 0.15) is 0 Å². The number of hydrogen-bond donors (Lipinski definition) is 4. The van der Waals surface area contributed by atoms with Gasteiger partial charge in [-0.1, -0.05) is 18.2 Å². The first-order chi connectivity index (χ1) is 15.5. The van der Waals surface area contributed by atoms with Crippen molar-refractivity contribution in [3.05, 3.63) is 57.6 Å². The Morgan fingerprint density at radius 3 is 2.69 bits per heavy atom. The molecule has 10 nitrogen and oxygen atoms in total. The van der Waals surface area contributed by atoms with E-state index in [-0.39, 0.29) is 36.6 Å². The number of anilines is 1. The predicted octanol–water partition coefficient (Wildman–Crippen LogP) is 0.719. The highest BCUT2D eigenvalue weighted by Gasteiger charge is 2.17. The number of ether oxygens (including phenoxy) is 1. The number of carbonyl (C=O) groups excluding carboxylic acids is 2. The average molecular weight is 438 g/mol. The third kappa shape index (κ3) is 4.97. The third-order valence-corrected chi connectivity index (χ3v) is 5.49. The van der Waals surface area contributed by atoms with Crippen LogP contribution in [0, 0.1) is 6.92 Å². The summed E-state index contributed by atoms with van der Waals surface area (Å²) in [7, 11) is 0. The van der Waals surface area contributed by atoms with Crippen molar-refractivity contribution in [3.63, 3.8) is 0 Å². The van der Waals surface area contributed by atoms with Crippen LogP contribution in [-0.4, -0.2) is 53.1 Å². The summed E-state index contributed by atoms with van der Waals surface area (Å²) in [4.78, 5) is 49.3. The zero-order valence-electron chi connectivity index (χ0n) is 17.9. The highest BCUT2D eigenvalue weighted by molar-refractivity contribution is 5.89. The van der Waals surface area contributed by atoms with Crippen molar-refractivity contribution in [1.29, 1.82) is 0 Å². The zero-order valence-corrected chi connectivity index (χ0v) is 17.9. The van der Waals surface area contributed by atoms with E-state index in [9.17, 15) is 14.4 Å². The lowest BCUT2D eigenvalue weighted by atomic mass is 10.1. The monoisotopic (exact) mass is 438 g/mol. The fourth-order valence-electron chi connectivity index (χ4n) is 3.75. The molecule has 0 unspecified atom stereocenters. The summed E-state index contributed by atoms with van der Waals surface area (Å²) in [5.74, 6) is -0.185. The number of morpholine rings is 1. The molecule has 32 heavy (non-hydrogen) atoms. The van der Waals surface area contributed by atoms with E-state index in [1.165, 1.54) is 0 Å². The summed E-state index contributed by atoms with van der Waals surface area (Å²) in [5, 5.41) is 0.969. The first-order valence-corrected chi connectivity index (χ1v) is 10.6. The van der Waals surface area contributed by atoms with E-state index in [4.69, 9.17) is 4.74 Å². The van der Waals surface area contributed by atoms with Gasteiger partial charge in [-0.15, -0.1) is 0 Å². The summed E-state index contributed by atoms with van der Waals surface area (Å²) in [6.45, 7) is 4.29. The van der Waals surface area contributed by atoms with Crippen molar-refractivity contribution in [1.82, 2.24) is 25.8 Å². The van der Waals surface area contributed by atoms with Crippen molar-refractivity contribution < 1.29 is 14.3 Å². The van der Waals surface area contributed by atoms with Crippen molar-refractivity contribution >= 4 is 28.7 Å². The van der Waals surface area contributed by atoms with Gasteiger partial charge < -0.3 is 14.6 Å². The van der Waals surface area contributed by atoms with Gasteiger partial charge in [0.2, 0.25) is 17.8 Å². The highest BCUT2D eigenvalue weighted by atomic mass is 16.5. The second kappa shape index (κ2) is 9.65. The van der Waals surface area contributed by atoms with Crippen LogP contribution >= 0.6 is 0 Å². The number of carbonyl (C=O) groups is 2. The lowest BCUT2D eigenvalue weighted by Gasteiger charge is -2.27. The topological polar surface area (TPSA) is 132 Å². The first kappa shape index (κ1) is 21.6. The van der Waals surface area contributed by atoms with Crippen molar-refractivity contribution in [3.8, 4) is 0 Å². The Hall–Kier alpha value is -3.66. The largest absolute Gasteiger partial charge is 0.378 e. The van der Waals surface area contributed by atoms with Crippen LogP contribution in [0.1, 0.15) is 23.2 Å². The Morgan fingerprint density at radius 2 is 1.91 bits per heavy atom. The number of fused-ring (bicyclic) bond motifs is 1. The number of H-pyrrole nitrogens is 2. The summed E-state index contributed by atoms with van der Waals surface area (Å²) >= 11 is 0. The molecule has 1 aromatic carbocycles. The van der Waals surface area contributed by atoms with Gasteiger partial charge in [-0.25, -0.2) is 4.98 Å². The van der Waals surface area contributed by atoms with Crippen molar-refractivity contribution in [2.45, 2.75) is 26.2 Å². The number of benzene rings is 1. The number of hydrazine groups is 1. The van der Waals surface area contributed by atoms with Gasteiger partial charge in [-0.3, -0.25) is 30.2 Å². The van der Waals surface area contributed by atoms with Gasteiger partial charge in [-0.05, 0) is 25.0 Å². The van der Waals surface area contributed by atoms with Crippen LogP contribution in [-0.2, 0) is 27.2 Å². The molecule has 4 N–H and O–H groups in total. The Morgan fingerprint density at radius 1 is 1.16 bits per heavy atom. The number of hydrogen-bond acceptors (Lipinski definition) is 6. The molecule has 2 amide bonds. The number of nitrogens with one attached hydrogen (secondary N) is 4. The molecule has 0 saturated carbocycles. The highest BCUT2D eigenvalue weighted by Crippen LogP contribution is 2.18. The zero-order chi connectivity index (χ0) is 22.5. The number of para-hydroxylation sites is 1. The van der Waals surface area contributed by atoms with Crippen LogP contribution in [0.15, 0.2) is 35.3 Å². The minimum atomic E-state index is -0.381. The van der Waals surface area contributed by atoms with Crippen LogP contribution in [0.2, 0.25) is 0 Å². The Bertz CT molecular complexity index is 1180. The molecule has 10 heteroatoms. The van der Waals surface area contributed by atoms with E-state index in [2.05, 4.69) is 25.8 Å².